The van der Waals surface area contributed by atoms with E-state index in [2.05, 4.69) is 39.4 Å². The van der Waals surface area contributed by atoms with E-state index in [-0.39, 0.29) is 11.9 Å². The maximum absolute atomic E-state index is 13.5. The van der Waals surface area contributed by atoms with E-state index < -0.39 is 0 Å². The molecule has 7 heteroatoms. The average molecular weight is 443 g/mol. The van der Waals surface area contributed by atoms with Crippen LogP contribution >= 0.6 is 0 Å². The number of nitrogens with zero attached hydrogens (tertiary/aromatic N) is 5. The monoisotopic (exact) mass is 442 g/mol. The van der Waals surface area contributed by atoms with Crippen molar-refractivity contribution in [3.8, 4) is 0 Å². The molecule has 4 heterocycles. The number of amides is 1. The lowest BCUT2D eigenvalue weighted by Crippen LogP contribution is -2.31. The number of hydrogen-bond acceptors (Lipinski definition) is 6. The number of aromatic nitrogens is 3. The minimum absolute atomic E-state index is 0.0295. The van der Waals surface area contributed by atoms with Gasteiger partial charge >= 0.3 is 0 Å². The van der Waals surface area contributed by atoms with E-state index in [4.69, 9.17) is 4.98 Å². The van der Waals surface area contributed by atoms with Crippen LogP contribution < -0.4 is 10.2 Å². The van der Waals surface area contributed by atoms with Crippen molar-refractivity contribution in [2.45, 2.75) is 45.6 Å². The first-order chi connectivity index (χ1) is 16.0. The molecule has 7 nitrogen and oxygen atoms in total. The van der Waals surface area contributed by atoms with Crippen molar-refractivity contribution in [3.05, 3.63) is 70.7 Å². The summed E-state index contributed by atoms with van der Waals surface area (Å²) in [6.45, 7) is 5.71. The minimum atomic E-state index is -0.0295. The van der Waals surface area contributed by atoms with Gasteiger partial charge in [0.2, 0.25) is 5.95 Å². The van der Waals surface area contributed by atoms with Gasteiger partial charge in [-0.2, -0.15) is 0 Å². The molecule has 0 spiro atoms. The highest BCUT2D eigenvalue weighted by molar-refractivity contribution is 5.95. The van der Waals surface area contributed by atoms with E-state index in [1.165, 1.54) is 11.3 Å². The summed E-state index contributed by atoms with van der Waals surface area (Å²) < 4.78 is 0. The summed E-state index contributed by atoms with van der Waals surface area (Å²) in [4.78, 5) is 31.5. The van der Waals surface area contributed by atoms with E-state index in [1.54, 1.807) is 0 Å². The van der Waals surface area contributed by atoms with Crippen molar-refractivity contribution >= 4 is 23.4 Å². The summed E-state index contributed by atoms with van der Waals surface area (Å²) in [6.07, 6.45) is 4.04. The number of carbonyl (C=O) groups excluding carboxylic acids is 1. The molecule has 33 heavy (non-hydrogen) atoms. The summed E-state index contributed by atoms with van der Waals surface area (Å²) >= 11 is 0. The Morgan fingerprint density at radius 3 is 2.64 bits per heavy atom. The molecular weight excluding hydrogens is 412 g/mol. The number of aryl methyl sites for hydroxylation is 3. The fraction of sp³-hybridized carbons (Fsp3) is 0.385. The van der Waals surface area contributed by atoms with Gasteiger partial charge in [0.15, 0.2) is 0 Å². The van der Waals surface area contributed by atoms with Crippen molar-refractivity contribution in [2.24, 2.45) is 0 Å². The second-order valence-corrected chi connectivity index (χ2v) is 9.07. The second kappa shape index (κ2) is 8.81. The molecule has 0 saturated carbocycles. The first-order valence-electron chi connectivity index (χ1n) is 11.7. The van der Waals surface area contributed by atoms with Crippen LogP contribution in [0, 0.1) is 13.8 Å². The largest absolute Gasteiger partial charge is 0.374 e. The van der Waals surface area contributed by atoms with Crippen LogP contribution in [0.4, 0.5) is 17.5 Å². The zero-order valence-corrected chi connectivity index (χ0v) is 19.5. The number of hydrogen-bond donors (Lipinski definition) is 1. The quantitative estimate of drug-likeness (QED) is 0.637. The molecular formula is C26H30N6O. The van der Waals surface area contributed by atoms with E-state index >= 15 is 0 Å². The van der Waals surface area contributed by atoms with E-state index in [0.29, 0.717) is 11.8 Å². The number of anilines is 3. The second-order valence-electron chi connectivity index (χ2n) is 9.07. The Morgan fingerprint density at radius 1 is 1.00 bits per heavy atom. The third kappa shape index (κ3) is 4.40. The Balaban J connectivity index is 1.37. The zero-order chi connectivity index (χ0) is 22.9. The molecule has 2 aromatic heterocycles. The minimum Gasteiger partial charge on any atom is -0.374 e. The molecule has 2 aliphatic heterocycles. The number of fused-ring (bicyclic) bond motifs is 1. The van der Waals surface area contributed by atoms with E-state index in [0.717, 1.165) is 61.4 Å². The van der Waals surface area contributed by atoms with Crippen molar-refractivity contribution in [1.82, 2.24) is 19.9 Å². The summed E-state index contributed by atoms with van der Waals surface area (Å²) in [5.74, 6) is 1.32. The van der Waals surface area contributed by atoms with Gasteiger partial charge in [0.25, 0.3) is 5.91 Å². The molecule has 2 aliphatic rings. The first kappa shape index (κ1) is 21.4. The third-order valence-electron chi connectivity index (χ3n) is 6.53. The first-order valence-corrected chi connectivity index (χ1v) is 11.7. The number of benzene rings is 1. The molecule has 3 aromatic rings. The Bertz CT molecular complexity index is 1170. The van der Waals surface area contributed by atoms with Gasteiger partial charge in [-0.15, -0.1) is 0 Å². The van der Waals surface area contributed by atoms with Gasteiger partial charge in [-0.25, -0.2) is 15.0 Å². The SMILES string of the molecule is Cc1cc(C)nc(Nc2cccc([C@@H]3CCCN3C(=O)c3ccc4c(c3)CCCN4C)n2)n1. The number of pyridine rings is 1. The summed E-state index contributed by atoms with van der Waals surface area (Å²) in [5.41, 5.74) is 5.99. The smallest absolute Gasteiger partial charge is 0.254 e. The van der Waals surface area contributed by atoms with Gasteiger partial charge in [0.05, 0.1) is 11.7 Å². The molecule has 0 aliphatic carbocycles. The molecule has 1 fully saturated rings. The molecule has 0 bridgehead atoms. The highest BCUT2D eigenvalue weighted by Gasteiger charge is 2.32. The van der Waals surface area contributed by atoms with Crippen molar-refractivity contribution in [3.63, 3.8) is 0 Å². The molecule has 1 amide bonds. The van der Waals surface area contributed by atoms with Crippen LogP contribution in [0.3, 0.4) is 0 Å². The lowest BCUT2D eigenvalue weighted by molar-refractivity contribution is 0.0733. The number of likely N-dealkylation sites (tertiary alicyclic amines) is 1. The molecule has 1 saturated heterocycles. The van der Waals surface area contributed by atoms with Gasteiger partial charge in [-0.3, -0.25) is 4.79 Å². The summed E-state index contributed by atoms with van der Waals surface area (Å²) in [5, 5.41) is 3.22. The number of rotatable bonds is 4. The van der Waals surface area contributed by atoms with Gasteiger partial charge in [0, 0.05) is 42.8 Å². The van der Waals surface area contributed by atoms with Crippen LogP contribution in [-0.4, -0.2) is 45.9 Å². The van der Waals surface area contributed by atoms with E-state index in [9.17, 15) is 4.79 Å². The number of nitrogens with one attached hydrogen (secondary N) is 1. The maximum atomic E-state index is 13.5. The van der Waals surface area contributed by atoms with Crippen molar-refractivity contribution in [2.75, 3.05) is 30.4 Å². The molecule has 1 atom stereocenters. The third-order valence-corrected chi connectivity index (χ3v) is 6.53. The Morgan fingerprint density at radius 2 is 1.82 bits per heavy atom. The van der Waals surface area contributed by atoms with E-state index in [1.807, 2.05) is 49.1 Å². The summed E-state index contributed by atoms with van der Waals surface area (Å²) in [7, 11) is 2.12. The van der Waals surface area contributed by atoms with Crippen molar-refractivity contribution < 1.29 is 4.79 Å². The molecule has 0 unspecified atom stereocenters. The lowest BCUT2D eigenvalue weighted by Gasteiger charge is -2.29. The van der Waals surface area contributed by atoms with Crippen molar-refractivity contribution in [1.29, 1.82) is 0 Å². The number of carbonyl (C=O) groups is 1. The van der Waals surface area contributed by atoms with Gasteiger partial charge in [0.1, 0.15) is 5.82 Å². The lowest BCUT2D eigenvalue weighted by atomic mass is 9.99. The van der Waals surface area contributed by atoms with Gasteiger partial charge < -0.3 is 15.1 Å². The normalized spacial score (nSPS) is 17.7. The molecule has 1 aromatic carbocycles. The van der Waals surface area contributed by atoms with Crippen LogP contribution in [0.15, 0.2) is 42.5 Å². The molecule has 1 N–H and O–H groups in total. The van der Waals surface area contributed by atoms with Crippen LogP contribution in [0.5, 0.6) is 0 Å². The average Bonchev–Trinajstić information content (AvgIpc) is 3.28. The fourth-order valence-corrected chi connectivity index (χ4v) is 5.00. The maximum Gasteiger partial charge on any atom is 0.254 e. The predicted molar refractivity (Wildman–Crippen MR) is 130 cm³/mol. The van der Waals surface area contributed by atoms with Gasteiger partial charge in [-0.05, 0) is 81.5 Å². The highest BCUT2D eigenvalue weighted by Crippen LogP contribution is 2.34. The van der Waals surface area contributed by atoms with Crippen LogP contribution in [0.2, 0.25) is 0 Å². The standard InChI is InChI=1S/C26H30N6O/c1-17-15-18(2)28-26(27-17)30-24-10-4-8-21(29-24)23-9-6-14-32(23)25(33)20-11-12-22-19(16-20)7-5-13-31(22)3/h4,8,10-12,15-16,23H,5-7,9,13-14H2,1-3H3,(H,27,28,29,30)/t23-/m0/s1. The van der Waals surface area contributed by atoms with Crippen LogP contribution in [0.1, 0.15) is 58.3 Å². The predicted octanol–water partition coefficient (Wildman–Crippen LogP) is 4.59. The highest BCUT2D eigenvalue weighted by atomic mass is 16.2. The van der Waals surface area contributed by atoms with Gasteiger partial charge in [-0.1, -0.05) is 6.07 Å². The topological polar surface area (TPSA) is 74.2 Å². The van der Waals surface area contributed by atoms with Crippen LogP contribution in [-0.2, 0) is 6.42 Å². The molecule has 5 rings (SSSR count). The summed E-state index contributed by atoms with van der Waals surface area (Å²) in [6, 6.07) is 14.0. The zero-order valence-electron chi connectivity index (χ0n) is 19.5. The Labute approximate surface area is 194 Å². The Kier molecular flexibility index (Phi) is 5.70. The molecule has 0 radical (unpaired) electrons. The fourth-order valence-electron chi connectivity index (χ4n) is 5.00. The Hall–Kier alpha value is -3.48. The van der Waals surface area contributed by atoms with Crippen LogP contribution in [0.25, 0.3) is 0 Å². The molecule has 170 valence electrons.